The Morgan fingerprint density at radius 3 is 2.85 bits per heavy atom. The lowest BCUT2D eigenvalue weighted by atomic mass is 9.86. The summed E-state index contributed by atoms with van der Waals surface area (Å²) in [6.45, 7) is 0.615. The first kappa shape index (κ1) is 14.8. The van der Waals surface area contributed by atoms with Crippen LogP contribution in [0.5, 0.6) is 5.75 Å². The van der Waals surface area contributed by atoms with E-state index >= 15 is 0 Å². The number of carboxylic acid groups (broad SMARTS) is 1. The van der Waals surface area contributed by atoms with E-state index in [1.54, 1.807) is 6.07 Å². The van der Waals surface area contributed by atoms with Crippen LogP contribution in [0.15, 0.2) is 18.2 Å². The molecule has 20 heavy (non-hydrogen) atoms. The lowest BCUT2D eigenvalue weighted by Crippen LogP contribution is -2.21. The van der Waals surface area contributed by atoms with Crippen molar-refractivity contribution in [2.45, 2.75) is 38.1 Å². The monoisotopic (exact) mass is 281 g/mol. The highest BCUT2D eigenvalue weighted by atomic mass is 19.1. The molecule has 1 aromatic carbocycles. The summed E-state index contributed by atoms with van der Waals surface area (Å²) in [5.41, 5.74) is 6.50. The molecule has 0 heterocycles. The van der Waals surface area contributed by atoms with Gasteiger partial charge in [-0.3, -0.25) is 4.79 Å². The van der Waals surface area contributed by atoms with Gasteiger partial charge in [-0.2, -0.15) is 0 Å². The quantitative estimate of drug-likeness (QED) is 0.806. The van der Waals surface area contributed by atoms with E-state index in [1.807, 2.05) is 0 Å². The van der Waals surface area contributed by atoms with Gasteiger partial charge in [-0.15, -0.1) is 0 Å². The van der Waals surface area contributed by atoms with E-state index in [0.29, 0.717) is 23.8 Å². The number of carbonyl (C=O) groups is 1. The van der Waals surface area contributed by atoms with Crippen LogP contribution in [-0.2, 0) is 4.79 Å². The molecule has 3 N–H and O–H groups in total. The first-order valence-corrected chi connectivity index (χ1v) is 6.96. The molecule has 0 bridgehead atoms. The molecule has 0 aromatic heterocycles. The average molecular weight is 281 g/mol. The summed E-state index contributed by atoms with van der Waals surface area (Å²) >= 11 is 0. The highest BCUT2D eigenvalue weighted by molar-refractivity contribution is 5.66. The lowest BCUT2D eigenvalue weighted by molar-refractivity contribution is -0.137. The summed E-state index contributed by atoms with van der Waals surface area (Å²) in [5.74, 6) is -0.158. The fraction of sp³-hybridized carbons (Fsp3) is 0.533. The van der Waals surface area contributed by atoms with Crippen LogP contribution in [0, 0.1) is 11.7 Å². The third-order valence-electron chi connectivity index (χ3n) is 3.74. The zero-order valence-electron chi connectivity index (χ0n) is 11.3. The van der Waals surface area contributed by atoms with Gasteiger partial charge in [-0.25, -0.2) is 4.39 Å². The van der Waals surface area contributed by atoms with Crippen LogP contribution in [0.3, 0.4) is 0 Å². The molecule has 1 saturated carbocycles. The van der Waals surface area contributed by atoms with Crippen molar-refractivity contribution in [2.24, 2.45) is 11.7 Å². The largest absolute Gasteiger partial charge is 0.493 e. The third-order valence-corrected chi connectivity index (χ3v) is 3.74. The summed E-state index contributed by atoms with van der Waals surface area (Å²) in [6.07, 6.45) is 3.80. The molecule has 1 unspecified atom stereocenters. The number of hydrogen-bond acceptors (Lipinski definition) is 3. The van der Waals surface area contributed by atoms with Gasteiger partial charge in [-0.05, 0) is 43.4 Å². The lowest BCUT2D eigenvalue weighted by Gasteiger charge is -2.26. The molecule has 1 fully saturated rings. The SMILES string of the molecule is NC(CCC(=O)O)c1cc(F)ccc1OCC1CCC1. The fourth-order valence-corrected chi connectivity index (χ4v) is 2.24. The van der Waals surface area contributed by atoms with Gasteiger partial charge in [0.2, 0.25) is 0 Å². The van der Waals surface area contributed by atoms with Gasteiger partial charge >= 0.3 is 5.97 Å². The number of benzene rings is 1. The number of nitrogens with two attached hydrogens (primary N) is 1. The Balaban J connectivity index is 2.03. The second kappa shape index (κ2) is 6.70. The average Bonchev–Trinajstić information content (AvgIpc) is 2.35. The summed E-state index contributed by atoms with van der Waals surface area (Å²) in [4.78, 5) is 10.6. The number of rotatable bonds is 7. The predicted octanol–water partition coefficient (Wildman–Crippen LogP) is 2.87. The van der Waals surface area contributed by atoms with Crippen LogP contribution in [0.25, 0.3) is 0 Å². The van der Waals surface area contributed by atoms with E-state index in [9.17, 15) is 9.18 Å². The van der Waals surface area contributed by atoms with Crippen LogP contribution in [0.2, 0.25) is 0 Å². The Labute approximate surface area is 117 Å². The molecule has 1 aromatic rings. The maximum Gasteiger partial charge on any atom is 0.303 e. The van der Waals surface area contributed by atoms with Crippen molar-refractivity contribution in [2.75, 3.05) is 6.61 Å². The molecule has 0 saturated heterocycles. The summed E-state index contributed by atoms with van der Waals surface area (Å²) in [6, 6.07) is 3.72. The molecule has 0 aliphatic heterocycles. The zero-order valence-corrected chi connectivity index (χ0v) is 11.3. The van der Waals surface area contributed by atoms with Crippen molar-refractivity contribution in [1.29, 1.82) is 0 Å². The van der Waals surface area contributed by atoms with Gasteiger partial charge in [-0.1, -0.05) is 6.42 Å². The van der Waals surface area contributed by atoms with E-state index in [4.69, 9.17) is 15.6 Å². The molecular formula is C15H20FNO3. The van der Waals surface area contributed by atoms with Gasteiger partial charge < -0.3 is 15.6 Å². The Kier molecular flexibility index (Phi) is 4.95. The van der Waals surface area contributed by atoms with Crippen LogP contribution in [0.4, 0.5) is 4.39 Å². The van der Waals surface area contributed by atoms with E-state index in [-0.39, 0.29) is 18.7 Å². The second-order valence-electron chi connectivity index (χ2n) is 5.33. The Hall–Kier alpha value is -1.62. The number of aliphatic carboxylic acids is 1. The Morgan fingerprint density at radius 2 is 2.25 bits per heavy atom. The Morgan fingerprint density at radius 1 is 1.50 bits per heavy atom. The summed E-state index contributed by atoms with van der Waals surface area (Å²) in [5, 5.41) is 8.69. The highest BCUT2D eigenvalue weighted by Gasteiger charge is 2.20. The molecule has 0 radical (unpaired) electrons. The molecule has 5 heteroatoms. The van der Waals surface area contributed by atoms with Gasteiger partial charge in [0.05, 0.1) is 6.61 Å². The van der Waals surface area contributed by atoms with E-state index in [0.717, 1.165) is 0 Å². The van der Waals surface area contributed by atoms with Gasteiger partial charge in [0, 0.05) is 18.0 Å². The summed E-state index contributed by atoms with van der Waals surface area (Å²) < 4.78 is 19.1. The van der Waals surface area contributed by atoms with Crippen molar-refractivity contribution < 1.29 is 19.0 Å². The topological polar surface area (TPSA) is 72.6 Å². The molecular weight excluding hydrogens is 261 g/mol. The molecule has 1 aliphatic carbocycles. The van der Waals surface area contributed by atoms with Crippen molar-refractivity contribution in [1.82, 2.24) is 0 Å². The number of ether oxygens (including phenoxy) is 1. The van der Waals surface area contributed by atoms with Crippen molar-refractivity contribution in [3.63, 3.8) is 0 Å². The predicted molar refractivity (Wildman–Crippen MR) is 73.0 cm³/mol. The van der Waals surface area contributed by atoms with Crippen LogP contribution in [0.1, 0.15) is 43.7 Å². The molecule has 2 rings (SSSR count). The van der Waals surface area contributed by atoms with E-state index in [2.05, 4.69) is 0 Å². The van der Waals surface area contributed by atoms with Crippen LogP contribution < -0.4 is 10.5 Å². The second-order valence-corrected chi connectivity index (χ2v) is 5.33. The zero-order chi connectivity index (χ0) is 14.5. The molecule has 0 amide bonds. The Bertz CT molecular complexity index is 474. The van der Waals surface area contributed by atoms with Gasteiger partial charge in [0.25, 0.3) is 0 Å². The van der Waals surface area contributed by atoms with E-state index in [1.165, 1.54) is 31.4 Å². The fourth-order valence-electron chi connectivity index (χ4n) is 2.24. The van der Waals surface area contributed by atoms with Crippen LogP contribution >= 0.6 is 0 Å². The minimum Gasteiger partial charge on any atom is -0.493 e. The minimum absolute atomic E-state index is 0.0419. The minimum atomic E-state index is -0.909. The maximum absolute atomic E-state index is 13.4. The smallest absolute Gasteiger partial charge is 0.303 e. The first-order valence-electron chi connectivity index (χ1n) is 6.96. The van der Waals surface area contributed by atoms with Crippen molar-refractivity contribution >= 4 is 5.97 Å². The number of halogens is 1. The highest BCUT2D eigenvalue weighted by Crippen LogP contribution is 2.31. The van der Waals surface area contributed by atoms with Crippen LogP contribution in [-0.4, -0.2) is 17.7 Å². The van der Waals surface area contributed by atoms with Gasteiger partial charge in [0.15, 0.2) is 0 Å². The first-order chi connectivity index (χ1) is 9.56. The standard InChI is InChI=1S/C15H20FNO3/c16-11-4-6-14(20-9-10-2-1-3-10)12(8-11)13(17)5-7-15(18)19/h4,6,8,10,13H,1-3,5,7,9,17H2,(H,18,19). The third kappa shape index (κ3) is 3.93. The summed E-state index contributed by atoms with van der Waals surface area (Å²) in [7, 11) is 0. The number of carboxylic acids is 1. The normalized spacial score (nSPS) is 16.5. The maximum atomic E-state index is 13.4. The molecule has 1 atom stereocenters. The molecule has 4 nitrogen and oxygen atoms in total. The van der Waals surface area contributed by atoms with Crippen molar-refractivity contribution in [3.8, 4) is 5.75 Å². The number of hydrogen-bond donors (Lipinski definition) is 2. The van der Waals surface area contributed by atoms with Gasteiger partial charge in [0.1, 0.15) is 11.6 Å². The molecule has 110 valence electrons. The van der Waals surface area contributed by atoms with Crippen molar-refractivity contribution in [3.05, 3.63) is 29.6 Å². The molecule has 0 spiro atoms. The van der Waals surface area contributed by atoms with E-state index < -0.39 is 12.0 Å². The molecule has 1 aliphatic rings.